The monoisotopic (exact) mass is 320 g/mol. The molecular formula is C14H12N2O5S. The van der Waals surface area contributed by atoms with Crippen molar-refractivity contribution in [3.8, 4) is 0 Å². The van der Waals surface area contributed by atoms with E-state index in [1.165, 1.54) is 43.1 Å². The van der Waals surface area contributed by atoms with Gasteiger partial charge in [-0.1, -0.05) is 5.16 Å². The lowest BCUT2D eigenvalue weighted by Crippen LogP contribution is -2.14. The molecule has 0 fully saturated rings. The Hall–Kier alpha value is -2.87. The number of amides is 1. The molecule has 0 bridgehead atoms. The van der Waals surface area contributed by atoms with Crippen molar-refractivity contribution in [3.05, 3.63) is 47.2 Å². The van der Waals surface area contributed by atoms with Crippen LogP contribution in [0, 0.1) is 0 Å². The van der Waals surface area contributed by atoms with Crippen LogP contribution in [-0.4, -0.2) is 29.8 Å². The Morgan fingerprint density at radius 1 is 1.50 bits per heavy atom. The number of carbonyl (C=O) groups excluding carboxylic acids is 1. The number of nitrogens with zero attached hydrogens (tertiary/aromatic N) is 1. The Bertz CT molecular complexity index is 715. The molecule has 7 nitrogen and oxygen atoms in total. The molecule has 2 aromatic rings. The molecule has 0 saturated heterocycles. The van der Waals surface area contributed by atoms with Crippen LogP contribution >= 0.6 is 11.3 Å². The summed E-state index contributed by atoms with van der Waals surface area (Å²) in [5, 5.41) is 17.2. The molecule has 0 atom stereocenters. The maximum Gasteiger partial charge on any atom is 0.358 e. The number of nitrogens with one attached hydrogen (secondary N) is 1. The average Bonchev–Trinajstić information content (AvgIpc) is 3.13. The topological polar surface area (TPSA) is 101 Å². The van der Waals surface area contributed by atoms with Gasteiger partial charge in [0.2, 0.25) is 5.91 Å². The van der Waals surface area contributed by atoms with Crippen LogP contribution < -0.4 is 5.32 Å². The number of thiophene rings is 1. The number of carboxylic acid groups (broad SMARTS) is 1. The summed E-state index contributed by atoms with van der Waals surface area (Å²) in [5.41, 5.74) is 0.893. The first-order chi connectivity index (χ1) is 10.6. The Labute approximate surface area is 129 Å². The van der Waals surface area contributed by atoms with Crippen LogP contribution in [-0.2, 0) is 14.4 Å². The van der Waals surface area contributed by atoms with Gasteiger partial charge in [0.1, 0.15) is 7.11 Å². The summed E-state index contributed by atoms with van der Waals surface area (Å²) in [5.74, 6) is -1.55. The SMILES string of the molecule is CON=C(C(=O)O)c1csc(NC(=O)C=Cc2ccoc2)c1. The van der Waals surface area contributed by atoms with E-state index in [2.05, 4.69) is 15.3 Å². The molecule has 0 radical (unpaired) electrons. The third-order valence-corrected chi connectivity index (χ3v) is 3.32. The minimum Gasteiger partial charge on any atom is -0.476 e. The van der Waals surface area contributed by atoms with E-state index in [-0.39, 0.29) is 11.6 Å². The van der Waals surface area contributed by atoms with Crippen LogP contribution in [0.2, 0.25) is 0 Å². The minimum absolute atomic E-state index is 0.229. The third kappa shape index (κ3) is 4.06. The molecule has 1 amide bonds. The molecule has 0 aliphatic rings. The lowest BCUT2D eigenvalue weighted by Gasteiger charge is -1.97. The van der Waals surface area contributed by atoms with E-state index in [0.29, 0.717) is 10.6 Å². The van der Waals surface area contributed by atoms with Gasteiger partial charge in [0.15, 0.2) is 5.71 Å². The van der Waals surface area contributed by atoms with Gasteiger partial charge in [0.25, 0.3) is 0 Å². The third-order valence-electron chi connectivity index (χ3n) is 2.47. The highest BCUT2D eigenvalue weighted by molar-refractivity contribution is 7.14. The highest BCUT2D eigenvalue weighted by Gasteiger charge is 2.16. The summed E-state index contributed by atoms with van der Waals surface area (Å²) >= 11 is 1.19. The summed E-state index contributed by atoms with van der Waals surface area (Å²) in [6, 6.07) is 3.23. The summed E-state index contributed by atoms with van der Waals surface area (Å²) in [4.78, 5) is 27.3. The summed E-state index contributed by atoms with van der Waals surface area (Å²) in [6.45, 7) is 0. The zero-order valence-corrected chi connectivity index (χ0v) is 12.3. The van der Waals surface area contributed by atoms with Crippen molar-refractivity contribution in [1.29, 1.82) is 0 Å². The Kier molecular flexibility index (Phi) is 5.10. The fourth-order valence-electron chi connectivity index (χ4n) is 1.54. The molecule has 0 unspecified atom stereocenters. The van der Waals surface area contributed by atoms with Crippen molar-refractivity contribution < 1.29 is 24.0 Å². The molecule has 2 rings (SSSR count). The lowest BCUT2D eigenvalue weighted by atomic mass is 10.2. The predicted octanol–water partition coefficient (Wildman–Crippen LogP) is 2.43. The molecule has 2 aromatic heterocycles. The van der Waals surface area contributed by atoms with Crippen molar-refractivity contribution in [2.45, 2.75) is 0 Å². The first-order valence-electron chi connectivity index (χ1n) is 6.04. The standard InChI is InChI=1S/C14H12N2O5S/c1-20-16-13(14(18)19)10-6-12(22-8-10)15-11(17)3-2-9-4-5-21-7-9/h2-8H,1H3,(H,15,17)(H,18,19). The largest absolute Gasteiger partial charge is 0.476 e. The second kappa shape index (κ2) is 7.23. The fraction of sp³-hybridized carbons (Fsp3) is 0.0714. The second-order valence-electron chi connectivity index (χ2n) is 4.01. The van der Waals surface area contributed by atoms with Gasteiger partial charge in [-0.3, -0.25) is 4.79 Å². The molecule has 0 aliphatic heterocycles. The molecular weight excluding hydrogens is 308 g/mol. The summed E-state index contributed by atoms with van der Waals surface area (Å²) < 4.78 is 4.88. The van der Waals surface area contributed by atoms with E-state index in [1.54, 1.807) is 17.5 Å². The number of hydrogen-bond donors (Lipinski definition) is 2. The number of aliphatic carboxylic acids is 1. The first-order valence-corrected chi connectivity index (χ1v) is 6.92. The minimum atomic E-state index is -1.21. The fourth-order valence-corrected chi connectivity index (χ4v) is 2.33. The first kappa shape index (κ1) is 15.5. The van der Waals surface area contributed by atoms with Gasteiger partial charge in [-0.25, -0.2) is 4.79 Å². The van der Waals surface area contributed by atoms with Gasteiger partial charge < -0.3 is 19.7 Å². The molecule has 8 heteroatoms. The molecule has 0 aliphatic carbocycles. The zero-order valence-electron chi connectivity index (χ0n) is 11.5. The molecule has 2 N–H and O–H groups in total. The molecule has 0 spiro atoms. The normalized spacial score (nSPS) is 11.6. The quantitative estimate of drug-likeness (QED) is 0.483. The smallest absolute Gasteiger partial charge is 0.358 e. The van der Waals surface area contributed by atoms with Gasteiger partial charge in [-0.2, -0.15) is 0 Å². The van der Waals surface area contributed by atoms with Gasteiger partial charge >= 0.3 is 5.97 Å². The summed E-state index contributed by atoms with van der Waals surface area (Å²) in [6.07, 6.45) is 5.97. The molecule has 22 heavy (non-hydrogen) atoms. The van der Waals surface area contributed by atoms with Crippen molar-refractivity contribution in [1.82, 2.24) is 0 Å². The molecule has 2 heterocycles. The lowest BCUT2D eigenvalue weighted by molar-refractivity contribution is -0.129. The number of rotatable bonds is 6. The highest BCUT2D eigenvalue weighted by Crippen LogP contribution is 2.21. The molecule has 0 saturated carbocycles. The average molecular weight is 320 g/mol. The molecule has 0 aromatic carbocycles. The number of furan rings is 1. The van der Waals surface area contributed by atoms with E-state index in [4.69, 9.17) is 9.52 Å². The van der Waals surface area contributed by atoms with E-state index in [0.717, 1.165) is 5.56 Å². The Morgan fingerprint density at radius 2 is 2.32 bits per heavy atom. The maximum absolute atomic E-state index is 11.8. The van der Waals surface area contributed by atoms with Crippen LogP contribution in [0.4, 0.5) is 5.00 Å². The zero-order chi connectivity index (χ0) is 15.9. The van der Waals surface area contributed by atoms with Crippen molar-refractivity contribution >= 4 is 40.0 Å². The number of oxime groups is 1. The van der Waals surface area contributed by atoms with Gasteiger partial charge in [-0.05, 0) is 18.2 Å². The van der Waals surface area contributed by atoms with E-state index in [9.17, 15) is 9.59 Å². The van der Waals surface area contributed by atoms with E-state index >= 15 is 0 Å². The number of carbonyl (C=O) groups is 2. The van der Waals surface area contributed by atoms with Crippen LogP contribution in [0.5, 0.6) is 0 Å². The maximum atomic E-state index is 11.8. The number of anilines is 1. The highest BCUT2D eigenvalue weighted by atomic mass is 32.1. The van der Waals surface area contributed by atoms with Gasteiger partial charge in [-0.15, -0.1) is 11.3 Å². The van der Waals surface area contributed by atoms with Crippen molar-refractivity contribution in [3.63, 3.8) is 0 Å². The van der Waals surface area contributed by atoms with E-state index < -0.39 is 5.97 Å². The number of carboxylic acids is 1. The van der Waals surface area contributed by atoms with Gasteiger partial charge in [0, 0.05) is 22.6 Å². The van der Waals surface area contributed by atoms with Crippen LogP contribution in [0.25, 0.3) is 6.08 Å². The second-order valence-corrected chi connectivity index (χ2v) is 4.92. The summed E-state index contributed by atoms with van der Waals surface area (Å²) in [7, 11) is 1.26. The van der Waals surface area contributed by atoms with Crippen LogP contribution in [0.15, 0.2) is 45.7 Å². The number of hydrogen-bond acceptors (Lipinski definition) is 6. The van der Waals surface area contributed by atoms with Gasteiger partial charge in [0.05, 0.1) is 17.5 Å². The predicted molar refractivity (Wildman–Crippen MR) is 81.9 cm³/mol. The van der Waals surface area contributed by atoms with E-state index in [1.807, 2.05) is 0 Å². The van der Waals surface area contributed by atoms with Crippen LogP contribution in [0.3, 0.4) is 0 Å². The molecule has 114 valence electrons. The van der Waals surface area contributed by atoms with Crippen molar-refractivity contribution in [2.24, 2.45) is 5.16 Å². The Morgan fingerprint density at radius 3 is 2.95 bits per heavy atom. The van der Waals surface area contributed by atoms with Crippen molar-refractivity contribution in [2.75, 3.05) is 12.4 Å². The van der Waals surface area contributed by atoms with Crippen LogP contribution in [0.1, 0.15) is 11.1 Å². The Balaban J connectivity index is 2.04.